The van der Waals surface area contributed by atoms with Gasteiger partial charge in [-0.25, -0.2) is 4.52 Å². The first-order chi connectivity index (χ1) is 7.17. The number of ether oxygens (including phenoxy) is 1. The number of nitriles is 1. The predicted molar refractivity (Wildman–Crippen MR) is 56.3 cm³/mol. The molecule has 0 saturated carbocycles. The highest BCUT2D eigenvalue weighted by Crippen LogP contribution is 2.24. The Kier molecular flexibility index (Phi) is 2.01. The zero-order chi connectivity index (χ0) is 11.0. The summed E-state index contributed by atoms with van der Waals surface area (Å²) in [5.74, 6) is 0.650. The molecule has 0 aliphatic rings. The molecule has 2 rings (SSSR count). The van der Waals surface area contributed by atoms with Gasteiger partial charge in [0, 0.05) is 6.20 Å². The van der Waals surface area contributed by atoms with Crippen molar-refractivity contribution in [2.45, 2.75) is 0 Å². The largest absolute Gasteiger partial charge is 0.494 e. The van der Waals surface area contributed by atoms with E-state index in [-0.39, 0.29) is 5.82 Å². The number of anilines is 1. The molecule has 0 spiro atoms. The Labute approximate surface area is 87.5 Å². The summed E-state index contributed by atoms with van der Waals surface area (Å²) in [5.41, 5.74) is 6.91. The van der Waals surface area contributed by atoms with E-state index in [0.717, 1.165) is 0 Å². The van der Waals surface area contributed by atoms with Crippen LogP contribution in [0.4, 0.5) is 5.82 Å². The van der Waals surface area contributed by atoms with Crippen LogP contribution < -0.4 is 15.9 Å². The van der Waals surface area contributed by atoms with E-state index >= 15 is 0 Å². The quantitative estimate of drug-likeness (QED) is 0.632. The Balaban J connectivity index is 2.93. The third kappa shape index (κ3) is 1.29. The average molecular weight is 198 g/mol. The molecule has 72 valence electrons. The first-order valence-electron chi connectivity index (χ1n) is 4.18. The summed E-state index contributed by atoms with van der Waals surface area (Å²) in [6, 6.07) is 3.61. The monoisotopic (exact) mass is 198 g/mol. The van der Waals surface area contributed by atoms with E-state index in [4.69, 9.17) is 23.6 Å². The number of hydrogen-bond acceptors (Lipinski definition) is 4. The van der Waals surface area contributed by atoms with Gasteiger partial charge in [-0.05, 0) is 6.07 Å². The van der Waals surface area contributed by atoms with Crippen LogP contribution in [0, 0.1) is 11.3 Å². The molecule has 0 aliphatic carbocycles. The zero-order valence-electron chi connectivity index (χ0n) is 8.06. The molecule has 0 atom stereocenters. The molecule has 0 amide bonds. The SMILES string of the molecule is [B]c1cc(OC)c2c(C#N)c(N)nn2c1. The highest BCUT2D eigenvalue weighted by molar-refractivity contribution is 6.32. The van der Waals surface area contributed by atoms with Crippen LogP contribution in [0.25, 0.3) is 5.52 Å². The van der Waals surface area contributed by atoms with Crippen molar-refractivity contribution < 1.29 is 4.74 Å². The Bertz CT molecular complexity index is 569. The minimum Gasteiger partial charge on any atom is -0.494 e. The average Bonchev–Trinajstić information content (AvgIpc) is 2.52. The van der Waals surface area contributed by atoms with Crippen molar-refractivity contribution in [2.24, 2.45) is 0 Å². The third-order valence-electron chi connectivity index (χ3n) is 2.07. The predicted octanol–water partition coefficient (Wildman–Crippen LogP) is -0.409. The second-order valence-electron chi connectivity index (χ2n) is 3.01. The van der Waals surface area contributed by atoms with Crippen LogP contribution in [0.3, 0.4) is 0 Å². The maximum Gasteiger partial charge on any atom is 0.164 e. The number of pyridine rings is 1. The van der Waals surface area contributed by atoms with E-state index < -0.39 is 0 Å². The highest BCUT2D eigenvalue weighted by atomic mass is 16.5. The molecule has 5 nitrogen and oxygen atoms in total. The molecule has 15 heavy (non-hydrogen) atoms. The van der Waals surface area contributed by atoms with Crippen LogP contribution in [-0.2, 0) is 0 Å². The summed E-state index contributed by atoms with van der Waals surface area (Å²) < 4.78 is 6.56. The van der Waals surface area contributed by atoms with Gasteiger partial charge in [0.05, 0.1) is 7.11 Å². The van der Waals surface area contributed by atoms with Crippen molar-refractivity contribution in [1.29, 1.82) is 5.26 Å². The number of hydrogen-bond donors (Lipinski definition) is 1. The van der Waals surface area contributed by atoms with Gasteiger partial charge in [-0.1, -0.05) is 5.46 Å². The Morgan fingerprint density at radius 1 is 1.67 bits per heavy atom. The van der Waals surface area contributed by atoms with Crippen molar-refractivity contribution in [1.82, 2.24) is 9.61 Å². The molecule has 2 heterocycles. The van der Waals surface area contributed by atoms with Crippen LogP contribution in [0.15, 0.2) is 12.3 Å². The molecule has 2 N–H and O–H groups in total. The molecular formula is C9H7BN4O. The normalized spacial score (nSPS) is 10.1. The van der Waals surface area contributed by atoms with E-state index in [1.165, 1.54) is 11.6 Å². The number of rotatable bonds is 1. The first-order valence-corrected chi connectivity index (χ1v) is 4.18. The molecule has 0 aliphatic heterocycles. The van der Waals surface area contributed by atoms with Crippen LogP contribution in [0.1, 0.15) is 5.56 Å². The fourth-order valence-corrected chi connectivity index (χ4v) is 1.45. The van der Waals surface area contributed by atoms with E-state index in [2.05, 4.69) is 5.10 Å². The lowest BCUT2D eigenvalue weighted by atomic mass is 9.98. The lowest BCUT2D eigenvalue weighted by molar-refractivity contribution is 0.418. The molecule has 2 radical (unpaired) electrons. The van der Waals surface area contributed by atoms with Gasteiger partial charge in [0.15, 0.2) is 5.82 Å². The molecule has 0 fully saturated rings. The van der Waals surface area contributed by atoms with Gasteiger partial charge < -0.3 is 10.5 Å². The van der Waals surface area contributed by atoms with Gasteiger partial charge in [-0.3, -0.25) is 0 Å². The van der Waals surface area contributed by atoms with Crippen LogP contribution in [-0.4, -0.2) is 24.6 Å². The number of methoxy groups -OCH3 is 1. The van der Waals surface area contributed by atoms with Gasteiger partial charge in [-0.2, -0.15) is 5.26 Å². The molecule has 0 bridgehead atoms. The van der Waals surface area contributed by atoms with Crippen molar-refractivity contribution >= 4 is 24.6 Å². The highest BCUT2D eigenvalue weighted by Gasteiger charge is 2.14. The van der Waals surface area contributed by atoms with Crippen molar-refractivity contribution in [2.75, 3.05) is 12.8 Å². The maximum absolute atomic E-state index is 8.92. The van der Waals surface area contributed by atoms with E-state index in [1.807, 2.05) is 6.07 Å². The van der Waals surface area contributed by atoms with Crippen molar-refractivity contribution in [3.63, 3.8) is 0 Å². The van der Waals surface area contributed by atoms with Gasteiger partial charge in [0.1, 0.15) is 30.7 Å². The van der Waals surface area contributed by atoms with Crippen molar-refractivity contribution in [3.8, 4) is 11.8 Å². The van der Waals surface area contributed by atoms with Crippen LogP contribution in [0.2, 0.25) is 0 Å². The zero-order valence-corrected chi connectivity index (χ0v) is 8.06. The van der Waals surface area contributed by atoms with Gasteiger partial charge >= 0.3 is 0 Å². The lowest BCUT2D eigenvalue weighted by Gasteiger charge is -2.04. The summed E-state index contributed by atoms with van der Waals surface area (Å²) in [6.45, 7) is 0. The number of nitrogens with zero attached hydrogens (tertiary/aromatic N) is 3. The van der Waals surface area contributed by atoms with Gasteiger partial charge in [0.25, 0.3) is 0 Å². The molecule has 2 aromatic rings. The standard InChI is InChI=1S/C9H7BN4O/c1-15-7-2-5(10)4-14-8(7)6(3-11)9(12)13-14/h2,4H,1H3,(H2,12,13). The maximum atomic E-state index is 8.92. The molecule has 2 aromatic heterocycles. The van der Waals surface area contributed by atoms with Gasteiger partial charge in [0.2, 0.25) is 0 Å². The van der Waals surface area contributed by atoms with Crippen LogP contribution >= 0.6 is 0 Å². The number of nitrogen functional groups attached to an aromatic ring is 1. The second-order valence-corrected chi connectivity index (χ2v) is 3.01. The minimum absolute atomic E-state index is 0.168. The van der Waals surface area contributed by atoms with E-state index in [0.29, 0.717) is 22.3 Å². The summed E-state index contributed by atoms with van der Waals surface area (Å²) in [6.07, 6.45) is 1.58. The molecule has 0 saturated heterocycles. The topological polar surface area (TPSA) is 76.3 Å². The van der Waals surface area contributed by atoms with Crippen LogP contribution in [0.5, 0.6) is 5.75 Å². The Morgan fingerprint density at radius 3 is 3.00 bits per heavy atom. The summed E-state index contributed by atoms with van der Waals surface area (Å²) in [7, 11) is 7.14. The van der Waals surface area contributed by atoms with E-state index in [1.54, 1.807) is 12.3 Å². The second kappa shape index (κ2) is 3.21. The third-order valence-corrected chi connectivity index (χ3v) is 2.07. The Morgan fingerprint density at radius 2 is 2.40 bits per heavy atom. The molecule has 0 aromatic carbocycles. The first kappa shape index (κ1) is 9.40. The molecule has 6 heteroatoms. The molecular weight excluding hydrogens is 191 g/mol. The number of nitrogens with two attached hydrogens (primary N) is 1. The number of aromatic nitrogens is 2. The molecule has 0 unspecified atom stereocenters. The smallest absolute Gasteiger partial charge is 0.164 e. The van der Waals surface area contributed by atoms with Crippen molar-refractivity contribution in [3.05, 3.63) is 17.8 Å². The fraction of sp³-hybridized carbons (Fsp3) is 0.111. The summed E-state index contributed by atoms with van der Waals surface area (Å²) >= 11 is 0. The lowest BCUT2D eigenvalue weighted by Crippen LogP contribution is -2.07. The fourth-order valence-electron chi connectivity index (χ4n) is 1.45. The summed E-state index contributed by atoms with van der Waals surface area (Å²) in [4.78, 5) is 0. The Hall–Kier alpha value is -2.16. The number of fused-ring (bicyclic) bond motifs is 1. The minimum atomic E-state index is 0.168. The summed E-state index contributed by atoms with van der Waals surface area (Å²) in [5, 5.41) is 12.9. The van der Waals surface area contributed by atoms with E-state index in [9.17, 15) is 0 Å². The van der Waals surface area contributed by atoms with Gasteiger partial charge in [-0.15, -0.1) is 5.10 Å².